The second-order valence-electron chi connectivity index (χ2n) is 8.35. The van der Waals surface area contributed by atoms with Crippen LogP contribution in [0.5, 0.6) is 17.2 Å². The molecule has 0 spiro atoms. The highest BCUT2D eigenvalue weighted by atomic mass is 16.5. The lowest BCUT2D eigenvalue weighted by Crippen LogP contribution is -2.47. The van der Waals surface area contributed by atoms with Gasteiger partial charge in [-0.3, -0.25) is 4.90 Å². The van der Waals surface area contributed by atoms with Gasteiger partial charge in [0.1, 0.15) is 36.6 Å². The van der Waals surface area contributed by atoms with Crippen molar-refractivity contribution in [1.82, 2.24) is 10.2 Å². The molecule has 1 saturated heterocycles. The molecule has 3 rings (SSSR count). The standard InChI is InChI=1S/C25H37N3O4/c1-20(2)26-18-21(29)19-32-23-10-8-22(9-11-23)31-17-16-27-12-14-28(15-13-27)24-6-4-5-7-25(24)30-3/h4-11,20-21,26,29H,12-19H2,1-3H3/t21-/m0/s1. The summed E-state index contributed by atoms with van der Waals surface area (Å²) in [6.45, 7) is 10.4. The van der Waals surface area contributed by atoms with Crippen molar-refractivity contribution >= 4 is 5.69 Å². The van der Waals surface area contributed by atoms with Crippen LogP contribution in [0.1, 0.15) is 13.8 Å². The smallest absolute Gasteiger partial charge is 0.142 e. The van der Waals surface area contributed by atoms with Crippen LogP contribution in [0.2, 0.25) is 0 Å². The third kappa shape index (κ3) is 7.58. The number of hydrogen-bond acceptors (Lipinski definition) is 7. The second-order valence-corrected chi connectivity index (χ2v) is 8.35. The molecule has 2 aromatic rings. The molecule has 1 atom stereocenters. The van der Waals surface area contributed by atoms with Crippen LogP contribution in [-0.2, 0) is 0 Å². The fourth-order valence-electron chi connectivity index (χ4n) is 3.65. The molecule has 0 radical (unpaired) electrons. The summed E-state index contributed by atoms with van der Waals surface area (Å²) in [7, 11) is 1.72. The molecule has 0 aromatic heterocycles. The minimum atomic E-state index is -0.531. The molecule has 0 amide bonds. The highest BCUT2D eigenvalue weighted by Gasteiger charge is 2.19. The van der Waals surface area contributed by atoms with Crippen molar-refractivity contribution in [3.63, 3.8) is 0 Å². The van der Waals surface area contributed by atoms with Gasteiger partial charge in [-0.25, -0.2) is 0 Å². The van der Waals surface area contributed by atoms with E-state index < -0.39 is 6.10 Å². The predicted molar refractivity (Wildman–Crippen MR) is 128 cm³/mol. The molecule has 7 nitrogen and oxygen atoms in total. The molecule has 0 unspecified atom stereocenters. The maximum absolute atomic E-state index is 9.94. The zero-order valence-electron chi connectivity index (χ0n) is 19.5. The van der Waals surface area contributed by atoms with Crippen LogP contribution in [0.3, 0.4) is 0 Å². The Morgan fingerprint density at radius 3 is 2.25 bits per heavy atom. The van der Waals surface area contributed by atoms with Gasteiger partial charge in [0.25, 0.3) is 0 Å². The van der Waals surface area contributed by atoms with Gasteiger partial charge in [0.15, 0.2) is 0 Å². The maximum atomic E-state index is 9.94. The molecule has 0 saturated carbocycles. The fraction of sp³-hybridized carbons (Fsp3) is 0.520. The summed E-state index contributed by atoms with van der Waals surface area (Å²) in [5.41, 5.74) is 1.16. The van der Waals surface area contributed by atoms with Gasteiger partial charge in [-0.05, 0) is 36.4 Å². The third-order valence-electron chi connectivity index (χ3n) is 5.50. The zero-order valence-corrected chi connectivity index (χ0v) is 19.5. The molecular weight excluding hydrogens is 406 g/mol. The maximum Gasteiger partial charge on any atom is 0.142 e. The quantitative estimate of drug-likeness (QED) is 0.523. The Balaban J connectivity index is 1.34. The molecular formula is C25H37N3O4. The van der Waals surface area contributed by atoms with E-state index in [-0.39, 0.29) is 6.61 Å². The number of piperazine rings is 1. The summed E-state index contributed by atoms with van der Waals surface area (Å²) in [5, 5.41) is 13.1. The molecule has 1 aliphatic heterocycles. The third-order valence-corrected chi connectivity index (χ3v) is 5.50. The van der Waals surface area contributed by atoms with Gasteiger partial charge in [-0.2, -0.15) is 0 Å². The van der Waals surface area contributed by atoms with E-state index >= 15 is 0 Å². The summed E-state index contributed by atoms with van der Waals surface area (Å²) in [6, 6.07) is 16.1. The fourth-order valence-corrected chi connectivity index (χ4v) is 3.65. The van der Waals surface area contributed by atoms with E-state index in [4.69, 9.17) is 14.2 Å². The van der Waals surface area contributed by atoms with Gasteiger partial charge < -0.3 is 29.5 Å². The first-order valence-electron chi connectivity index (χ1n) is 11.4. The summed E-state index contributed by atoms with van der Waals surface area (Å²) in [4.78, 5) is 4.81. The first-order valence-corrected chi connectivity index (χ1v) is 11.4. The lowest BCUT2D eigenvalue weighted by atomic mass is 10.2. The average molecular weight is 444 g/mol. The normalized spacial score (nSPS) is 15.6. The number of ether oxygens (including phenoxy) is 3. The summed E-state index contributed by atoms with van der Waals surface area (Å²) < 4.78 is 17.1. The van der Waals surface area contributed by atoms with Gasteiger partial charge in [0, 0.05) is 45.3 Å². The molecule has 32 heavy (non-hydrogen) atoms. The molecule has 2 N–H and O–H groups in total. The van der Waals surface area contributed by atoms with Gasteiger partial charge >= 0.3 is 0 Å². The Morgan fingerprint density at radius 1 is 0.938 bits per heavy atom. The van der Waals surface area contributed by atoms with Crippen molar-refractivity contribution in [3.05, 3.63) is 48.5 Å². The van der Waals surface area contributed by atoms with E-state index in [9.17, 15) is 5.11 Å². The van der Waals surface area contributed by atoms with Crippen LogP contribution >= 0.6 is 0 Å². The van der Waals surface area contributed by atoms with Crippen molar-refractivity contribution in [2.75, 3.05) is 64.5 Å². The Hall–Kier alpha value is -2.48. The molecule has 1 fully saturated rings. The molecule has 0 bridgehead atoms. The average Bonchev–Trinajstić information content (AvgIpc) is 2.82. The molecule has 2 aromatic carbocycles. The predicted octanol–water partition coefficient (Wildman–Crippen LogP) is 2.63. The Labute approximate surface area is 191 Å². The first kappa shape index (κ1) is 24.2. The van der Waals surface area contributed by atoms with Crippen LogP contribution < -0.4 is 24.4 Å². The van der Waals surface area contributed by atoms with Crippen LogP contribution in [0.25, 0.3) is 0 Å². The minimum absolute atomic E-state index is 0.265. The topological polar surface area (TPSA) is 66.4 Å². The van der Waals surface area contributed by atoms with Gasteiger partial charge in [0.2, 0.25) is 0 Å². The lowest BCUT2D eigenvalue weighted by Gasteiger charge is -2.36. The highest BCUT2D eigenvalue weighted by Crippen LogP contribution is 2.28. The molecule has 1 aliphatic rings. The number of aliphatic hydroxyl groups excluding tert-OH is 1. The van der Waals surface area contributed by atoms with Gasteiger partial charge in [0.05, 0.1) is 12.8 Å². The number of nitrogens with zero attached hydrogens (tertiary/aromatic N) is 2. The van der Waals surface area contributed by atoms with E-state index in [1.165, 1.54) is 0 Å². The van der Waals surface area contributed by atoms with Gasteiger partial charge in [-0.15, -0.1) is 0 Å². The van der Waals surface area contributed by atoms with E-state index in [0.29, 0.717) is 19.2 Å². The van der Waals surface area contributed by atoms with E-state index in [1.54, 1.807) is 7.11 Å². The van der Waals surface area contributed by atoms with Crippen molar-refractivity contribution in [2.45, 2.75) is 26.0 Å². The molecule has 7 heteroatoms. The van der Waals surface area contributed by atoms with Crippen molar-refractivity contribution in [3.8, 4) is 17.2 Å². The molecule has 176 valence electrons. The lowest BCUT2D eigenvalue weighted by molar-refractivity contribution is 0.104. The van der Waals surface area contributed by atoms with Crippen molar-refractivity contribution < 1.29 is 19.3 Å². The van der Waals surface area contributed by atoms with E-state index in [1.807, 2.05) is 50.2 Å². The number of anilines is 1. The number of nitrogens with one attached hydrogen (secondary N) is 1. The Kier molecular flexibility index (Phi) is 9.46. The number of rotatable bonds is 12. The van der Waals surface area contributed by atoms with Crippen molar-refractivity contribution in [2.24, 2.45) is 0 Å². The highest BCUT2D eigenvalue weighted by molar-refractivity contribution is 5.58. The minimum Gasteiger partial charge on any atom is -0.495 e. The van der Waals surface area contributed by atoms with E-state index in [0.717, 1.165) is 55.7 Å². The van der Waals surface area contributed by atoms with Gasteiger partial charge in [-0.1, -0.05) is 26.0 Å². The van der Waals surface area contributed by atoms with Crippen LogP contribution in [0.4, 0.5) is 5.69 Å². The number of para-hydroxylation sites is 2. The first-order chi connectivity index (χ1) is 15.5. The van der Waals surface area contributed by atoms with E-state index in [2.05, 4.69) is 27.2 Å². The van der Waals surface area contributed by atoms with Crippen molar-refractivity contribution in [1.29, 1.82) is 0 Å². The Morgan fingerprint density at radius 2 is 1.59 bits per heavy atom. The number of aliphatic hydroxyl groups is 1. The van der Waals surface area contributed by atoms with Crippen LogP contribution in [0.15, 0.2) is 48.5 Å². The second kappa shape index (κ2) is 12.5. The molecule has 1 heterocycles. The Bertz CT molecular complexity index is 792. The summed E-state index contributed by atoms with van der Waals surface area (Å²) in [6.07, 6.45) is -0.531. The number of benzene rings is 2. The number of methoxy groups -OCH3 is 1. The zero-order chi connectivity index (χ0) is 22.8. The molecule has 0 aliphatic carbocycles. The van der Waals surface area contributed by atoms with Crippen LogP contribution in [-0.4, -0.2) is 81.7 Å². The largest absolute Gasteiger partial charge is 0.495 e. The monoisotopic (exact) mass is 443 g/mol. The number of hydrogen-bond donors (Lipinski definition) is 2. The summed E-state index contributed by atoms with van der Waals surface area (Å²) in [5.74, 6) is 2.49. The SMILES string of the molecule is COc1ccccc1N1CCN(CCOc2ccc(OC[C@@H](O)CNC(C)C)cc2)CC1. The van der Waals surface area contributed by atoms with Crippen LogP contribution in [0, 0.1) is 0 Å². The summed E-state index contributed by atoms with van der Waals surface area (Å²) >= 11 is 0.